The molecule has 0 unspecified atom stereocenters. The van der Waals surface area contributed by atoms with E-state index in [9.17, 15) is 18.0 Å². The van der Waals surface area contributed by atoms with Crippen molar-refractivity contribution in [2.75, 3.05) is 48.6 Å². The molecule has 3 aromatic carbocycles. The lowest BCUT2D eigenvalue weighted by molar-refractivity contribution is -0.137. The monoisotopic (exact) mass is 641 g/mol. The molecular weight excluding hydrogens is 607 g/mol. The van der Waals surface area contributed by atoms with Gasteiger partial charge in [0.15, 0.2) is 11.5 Å². The second-order valence-electron chi connectivity index (χ2n) is 10.3. The first-order valence-corrected chi connectivity index (χ1v) is 15.4. The van der Waals surface area contributed by atoms with Crippen molar-refractivity contribution in [3.63, 3.8) is 0 Å². The van der Waals surface area contributed by atoms with Gasteiger partial charge >= 0.3 is 12.2 Å². The summed E-state index contributed by atoms with van der Waals surface area (Å²) in [5.74, 6) is 2.90. The number of piperidine rings is 1. The number of rotatable bonds is 10. The van der Waals surface area contributed by atoms with Gasteiger partial charge in [-0.3, -0.25) is 9.71 Å². The largest absolute Gasteiger partial charge is 0.493 e. The molecule has 3 N–H and O–H groups in total. The first-order valence-electron chi connectivity index (χ1n) is 14.4. The highest BCUT2D eigenvalue weighted by Gasteiger charge is 2.36. The smallest absolute Gasteiger partial charge is 0.418 e. The summed E-state index contributed by atoms with van der Waals surface area (Å²) in [6.45, 7) is 3.06. The molecular formula is C32H34F3N5O4S. The van der Waals surface area contributed by atoms with Crippen LogP contribution in [-0.2, 0) is 6.18 Å². The number of anilines is 3. The van der Waals surface area contributed by atoms with E-state index < -0.39 is 17.8 Å². The minimum absolute atomic E-state index is 0.0273. The van der Waals surface area contributed by atoms with Crippen LogP contribution >= 0.6 is 11.9 Å². The Kier molecular flexibility index (Phi) is 10.1. The van der Waals surface area contributed by atoms with Gasteiger partial charge in [0.25, 0.3) is 0 Å². The number of alkyl halides is 3. The summed E-state index contributed by atoms with van der Waals surface area (Å²) in [6, 6.07) is 15.3. The molecule has 5 rings (SSSR count). The summed E-state index contributed by atoms with van der Waals surface area (Å²) in [5.41, 5.74) is 0.367. The van der Waals surface area contributed by atoms with Crippen LogP contribution in [0.3, 0.4) is 0 Å². The fourth-order valence-electron chi connectivity index (χ4n) is 5.15. The maximum atomic E-state index is 14.1. The van der Waals surface area contributed by atoms with Gasteiger partial charge in [-0.05, 0) is 55.3 Å². The van der Waals surface area contributed by atoms with E-state index in [-0.39, 0.29) is 17.4 Å². The third kappa shape index (κ3) is 7.84. The van der Waals surface area contributed by atoms with Crippen LogP contribution in [0.15, 0.2) is 66.9 Å². The predicted octanol–water partition coefficient (Wildman–Crippen LogP) is 7.93. The number of fused-ring (bicyclic) bond motifs is 1. The van der Waals surface area contributed by atoms with Crippen molar-refractivity contribution >= 4 is 45.9 Å². The van der Waals surface area contributed by atoms with Crippen molar-refractivity contribution in [3.05, 3.63) is 72.4 Å². The molecule has 1 fully saturated rings. The van der Waals surface area contributed by atoms with Gasteiger partial charge in [0.1, 0.15) is 11.5 Å². The molecule has 1 aromatic heterocycles. The lowest BCUT2D eigenvalue weighted by Gasteiger charge is -2.35. The Morgan fingerprint density at radius 2 is 1.67 bits per heavy atom. The van der Waals surface area contributed by atoms with Crippen LogP contribution in [0.25, 0.3) is 10.9 Å². The molecule has 2 heterocycles. The van der Waals surface area contributed by atoms with Gasteiger partial charge in [0.2, 0.25) is 0 Å². The van der Waals surface area contributed by atoms with E-state index in [4.69, 9.17) is 14.2 Å². The molecule has 0 atom stereocenters. The SMILES string of the molecule is CCSNC1CCN(c2ccc(NC(=O)Nc3cccc(Oc4ccnc5cc(OC)c(OC)cc45)c3)cc2C(F)(F)F)CC1. The second-order valence-corrected chi connectivity index (χ2v) is 11.4. The van der Waals surface area contributed by atoms with Crippen molar-refractivity contribution in [2.45, 2.75) is 32.0 Å². The van der Waals surface area contributed by atoms with Crippen LogP contribution in [0, 0.1) is 0 Å². The zero-order valence-electron chi connectivity index (χ0n) is 25.0. The van der Waals surface area contributed by atoms with Gasteiger partial charge in [-0.25, -0.2) is 4.79 Å². The zero-order valence-corrected chi connectivity index (χ0v) is 25.8. The van der Waals surface area contributed by atoms with E-state index in [0.717, 1.165) is 24.7 Å². The minimum Gasteiger partial charge on any atom is -0.493 e. The van der Waals surface area contributed by atoms with Crippen molar-refractivity contribution in [1.29, 1.82) is 0 Å². The van der Waals surface area contributed by atoms with Crippen LogP contribution in [0.4, 0.5) is 35.0 Å². The molecule has 238 valence electrons. The molecule has 2 amide bonds. The number of benzene rings is 3. The number of urea groups is 1. The molecule has 45 heavy (non-hydrogen) atoms. The maximum Gasteiger partial charge on any atom is 0.418 e. The fraction of sp³-hybridized carbons (Fsp3) is 0.312. The lowest BCUT2D eigenvalue weighted by atomic mass is 10.0. The number of nitrogens with zero attached hydrogens (tertiary/aromatic N) is 2. The number of carbonyl (C=O) groups excluding carboxylic acids is 1. The molecule has 0 bridgehead atoms. The Balaban J connectivity index is 1.27. The molecule has 0 saturated carbocycles. The number of aromatic nitrogens is 1. The van der Waals surface area contributed by atoms with Gasteiger partial charge in [0, 0.05) is 65.7 Å². The van der Waals surface area contributed by atoms with Gasteiger partial charge in [-0.1, -0.05) is 24.9 Å². The minimum atomic E-state index is -4.59. The molecule has 1 aliphatic rings. The third-order valence-electron chi connectivity index (χ3n) is 7.32. The average molecular weight is 642 g/mol. The van der Waals surface area contributed by atoms with Crippen molar-refractivity contribution in [3.8, 4) is 23.0 Å². The number of ether oxygens (including phenoxy) is 3. The van der Waals surface area contributed by atoms with Gasteiger partial charge < -0.3 is 29.7 Å². The van der Waals surface area contributed by atoms with E-state index in [1.54, 1.807) is 72.6 Å². The summed E-state index contributed by atoms with van der Waals surface area (Å²) in [5, 5.41) is 5.88. The Morgan fingerprint density at radius 1 is 0.956 bits per heavy atom. The topological polar surface area (TPSA) is 97.0 Å². The predicted molar refractivity (Wildman–Crippen MR) is 172 cm³/mol. The summed E-state index contributed by atoms with van der Waals surface area (Å²) >= 11 is 1.62. The molecule has 0 radical (unpaired) electrons. The number of hydrogen-bond acceptors (Lipinski definition) is 8. The summed E-state index contributed by atoms with van der Waals surface area (Å²) in [7, 11) is 3.08. The number of amides is 2. The standard InChI is InChI=1S/C32H34F3N5O4S/c1-4-45-39-20-11-14-40(15-12-20)27-9-8-22(17-25(27)32(33,34)35)38-31(41)37-21-6-5-7-23(16-21)44-28-10-13-36-26-19-30(43-3)29(42-2)18-24(26)28/h5-10,13,16-20,39H,4,11-12,14-15H2,1-3H3,(H2,37,38,41). The first kappa shape index (κ1) is 32.0. The quantitative estimate of drug-likeness (QED) is 0.150. The Morgan fingerprint density at radius 3 is 2.36 bits per heavy atom. The Bertz CT molecular complexity index is 1650. The first-order chi connectivity index (χ1) is 21.7. The molecule has 1 saturated heterocycles. The number of halogens is 3. The van der Waals surface area contributed by atoms with E-state index in [0.29, 0.717) is 52.7 Å². The maximum absolute atomic E-state index is 14.1. The highest BCUT2D eigenvalue weighted by molar-refractivity contribution is 7.97. The summed E-state index contributed by atoms with van der Waals surface area (Å²) < 4.78 is 62.6. The molecule has 0 aliphatic carbocycles. The normalized spacial score (nSPS) is 13.9. The van der Waals surface area contributed by atoms with Gasteiger partial charge in [-0.2, -0.15) is 13.2 Å². The van der Waals surface area contributed by atoms with Gasteiger partial charge in [0.05, 0.1) is 25.3 Å². The van der Waals surface area contributed by atoms with Crippen LogP contribution in [0.1, 0.15) is 25.3 Å². The Labute approximate surface area is 263 Å². The second kappa shape index (κ2) is 14.2. The van der Waals surface area contributed by atoms with E-state index in [2.05, 4.69) is 20.3 Å². The van der Waals surface area contributed by atoms with Crippen LogP contribution < -0.4 is 34.5 Å². The van der Waals surface area contributed by atoms with Crippen LogP contribution in [0.5, 0.6) is 23.0 Å². The van der Waals surface area contributed by atoms with Crippen molar-refractivity contribution < 1.29 is 32.2 Å². The third-order valence-corrected chi connectivity index (χ3v) is 8.11. The molecule has 0 spiro atoms. The molecule has 13 heteroatoms. The number of pyridine rings is 1. The average Bonchev–Trinajstić information content (AvgIpc) is 3.03. The van der Waals surface area contributed by atoms with Crippen molar-refractivity contribution in [2.24, 2.45) is 0 Å². The summed E-state index contributed by atoms with van der Waals surface area (Å²) in [4.78, 5) is 19.0. The van der Waals surface area contributed by atoms with E-state index in [1.807, 2.05) is 6.92 Å². The molecule has 4 aromatic rings. The highest BCUT2D eigenvalue weighted by atomic mass is 32.2. The van der Waals surface area contributed by atoms with Crippen molar-refractivity contribution in [1.82, 2.24) is 9.71 Å². The van der Waals surface area contributed by atoms with Crippen LogP contribution in [-0.4, -0.2) is 50.1 Å². The highest BCUT2D eigenvalue weighted by Crippen LogP contribution is 2.40. The fourth-order valence-corrected chi connectivity index (χ4v) is 5.79. The lowest BCUT2D eigenvalue weighted by Crippen LogP contribution is -2.41. The number of nitrogens with one attached hydrogen (secondary N) is 3. The zero-order chi connectivity index (χ0) is 32.0. The summed E-state index contributed by atoms with van der Waals surface area (Å²) in [6.07, 6.45) is -1.49. The van der Waals surface area contributed by atoms with Gasteiger partial charge in [-0.15, -0.1) is 0 Å². The number of methoxy groups -OCH3 is 2. The molecule has 1 aliphatic heterocycles. The molecule has 9 nitrogen and oxygen atoms in total. The Hall–Kier alpha value is -4.36. The van der Waals surface area contributed by atoms with E-state index >= 15 is 0 Å². The van der Waals surface area contributed by atoms with E-state index in [1.165, 1.54) is 19.2 Å². The number of hydrogen-bond donors (Lipinski definition) is 3. The van der Waals surface area contributed by atoms with Crippen LogP contribution in [0.2, 0.25) is 0 Å². The number of carbonyl (C=O) groups is 1.